The zero-order valence-electron chi connectivity index (χ0n) is 39.9. The first kappa shape index (κ1) is 45.6. The molecule has 4 nitrogen and oxygen atoms in total. The van der Waals surface area contributed by atoms with Crippen molar-refractivity contribution in [3.05, 3.63) is 213 Å². The van der Waals surface area contributed by atoms with Crippen molar-refractivity contribution >= 4 is 45.1 Å². The molecule has 9 rings (SSSR count). The zero-order valence-corrected chi connectivity index (χ0v) is 40.9. The largest absolute Gasteiger partial charge is 0.248 e. The molecule has 0 saturated carbocycles. The van der Waals surface area contributed by atoms with Crippen LogP contribution in [0.15, 0.2) is 188 Å². The monoisotopic (exact) mass is 899 g/mol. The van der Waals surface area contributed by atoms with Crippen molar-refractivity contribution in [2.45, 2.75) is 105 Å². The van der Waals surface area contributed by atoms with Gasteiger partial charge in [0.2, 0.25) is 0 Å². The molecule has 0 amide bonds. The Bertz CT molecular complexity index is 2740. The summed E-state index contributed by atoms with van der Waals surface area (Å²) in [6, 6.07) is 35.3. The van der Waals surface area contributed by atoms with Crippen LogP contribution in [-0.2, 0) is 38.7 Å². The minimum atomic E-state index is -0.0762. The topological polar surface area (TPSA) is 49.4 Å². The Morgan fingerprint density at radius 2 is 0.508 bits per heavy atom. The molecular formula is C60H60CuN4. The first-order chi connectivity index (χ1) is 30.2. The molecule has 0 atom stereocenters. The summed E-state index contributed by atoms with van der Waals surface area (Å²) in [5.74, 6) is 0. The predicted octanol–water partition coefficient (Wildman–Crippen LogP) is 14.9. The molecule has 331 valence electrons. The van der Waals surface area contributed by atoms with Gasteiger partial charge in [0.1, 0.15) is 0 Å². The Kier molecular flexibility index (Phi) is 11.8. The number of aliphatic imine (C=N–C) groups is 4. The van der Waals surface area contributed by atoms with Gasteiger partial charge in [0, 0.05) is 39.4 Å². The summed E-state index contributed by atoms with van der Waals surface area (Å²) in [7, 11) is 0. The van der Waals surface area contributed by atoms with E-state index in [4.69, 9.17) is 20.0 Å². The van der Waals surface area contributed by atoms with E-state index in [1.54, 1.807) is 0 Å². The maximum absolute atomic E-state index is 5.57. The average Bonchev–Trinajstić information content (AvgIpc) is 4.08. The second-order valence-electron chi connectivity index (χ2n) is 21.7. The summed E-state index contributed by atoms with van der Waals surface area (Å²) < 4.78 is 0. The van der Waals surface area contributed by atoms with Gasteiger partial charge in [0.15, 0.2) is 0 Å². The number of hydrogen-bond donors (Lipinski definition) is 0. The van der Waals surface area contributed by atoms with Crippen LogP contribution >= 0.6 is 0 Å². The Balaban J connectivity index is 0.00000576. The maximum atomic E-state index is 5.57. The fourth-order valence-electron chi connectivity index (χ4n) is 8.76. The van der Waals surface area contributed by atoms with Gasteiger partial charge >= 0.3 is 0 Å². The molecule has 0 unspecified atom stereocenters. The molecule has 0 spiro atoms. The molecule has 5 heterocycles. The number of benzene rings is 4. The molecule has 4 aromatic rings. The molecule has 65 heavy (non-hydrogen) atoms. The quantitative estimate of drug-likeness (QED) is 0.183. The minimum absolute atomic E-state index is 0. The van der Waals surface area contributed by atoms with Gasteiger partial charge in [0.05, 0.1) is 45.6 Å². The van der Waals surface area contributed by atoms with E-state index in [2.05, 4.69) is 229 Å². The van der Waals surface area contributed by atoms with Crippen molar-refractivity contribution < 1.29 is 17.1 Å². The molecule has 0 aliphatic carbocycles. The van der Waals surface area contributed by atoms with Gasteiger partial charge in [-0.2, -0.15) is 0 Å². The third kappa shape index (κ3) is 9.02. The van der Waals surface area contributed by atoms with E-state index in [9.17, 15) is 0 Å². The van der Waals surface area contributed by atoms with Crippen LogP contribution in [0.1, 0.15) is 128 Å². The number of nitrogens with zero attached hydrogens (tertiary/aromatic N) is 4. The fourth-order valence-corrected chi connectivity index (χ4v) is 8.76. The molecule has 0 saturated heterocycles. The fraction of sp³-hybridized carbons (Fsp3) is 0.267. The van der Waals surface area contributed by atoms with Gasteiger partial charge in [-0.15, -0.1) is 0 Å². The van der Waals surface area contributed by atoms with Gasteiger partial charge in [-0.05, 0) is 115 Å². The van der Waals surface area contributed by atoms with E-state index >= 15 is 0 Å². The molecule has 5 aliphatic rings. The van der Waals surface area contributed by atoms with Crippen molar-refractivity contribution in [2.75, 3.05) is 0 Å². The summed E-state index contributed by atoms with van der Waals surface area (Å²) in [5, 5.41) is 0. The van der Waals surface area contributed by atoms with E-state index in [1.807, 2.05) is 0 Å². The number of fused-ring (bicyclic) bond motifs is 4. The van der Waals surface area contributed by atoms with Gasteiger partial charge in [0.25, 0.3) is 0 Å². The number of hydrogen-bond acceptors (Lipinski definition) is 4. The molecule has 8 bridgehead atoms. The summed E-state index contributed by atoms with van der Waals surface area (Å²) in [6.07, 6.45) is 17.3. The Hall–Kier alpha value is -6.00. The van der Waals surface area contributed by atoms with Crippen LogP contribution in [0.3, 0.4) is 0 Å². The molecule has 0 N–H and O–H groups in total. The first-order valence-electron chi connectivity index (χ1n) is 22.7. The predicted molar refractivity (Wildman–Crippen MR) is 275 cm³/mol. The molecule has 4 aromatic carbocycles. The Morgan fingerprint density at radius 3 is 0.738 bits per heavy atom. The minimum Gasteiger partial charge on any atom is -0.248 e. The Labute approximate surface area is 397 Å². The normalized spacial score (nSPS) is 17.3. The van der Waals surface area contributed by atoms with Crippen LogP contribution in [-0.4, -0.2) is 22.8 Å². The summed E-state index contributed by atoms with van der Waals surface area (Å²) in [5.41, 5.74) is 20.0. The van der Waals surface area contributed by atoms with E-state index in [-0.39, 0.29) is 38.7 Å². The third-order valence-electron chi connectivity index (χ3n) is 12.6. The Morgan fingerprint density at radius 1 is 0.277 bits per heavy atom. The van der Waals surface area contributed by atoms with Crippen LogP contribution in [0, 0.1) is 0 Å². The second kappa shape index (κ2) is 16.8. The summed E-state index contributed by atoms with van der Waals surface area (Å²) >= 11 is 0. The van der Waals surface area contributed by atoms with E-state index < -0.39 is 0 Å². The zero-order chi connectivity index (χ0) is 45.3. The van der Waals surface area contributed by atoms with Crippen LogP contribution in [0.4, 0.5) is 0 Å². The molecule has 0 aromatic heterocycles. The molecule has 0 fully saturated rings. The van der Waals surface area contributed by atoms with Gasteiger partial charge in [-0.1, -0.05) is 180 Å². The summed E-state index contributed by atoms with van der Waals surface area (Å²) in [4.78, 5) is 22.3. The SMILES string of the molecule is CC(C)(C)c1cc(C2=C3C=CC(=N3)C(c3ccccc3)=C3C=CC(=N3)C(c3cc(C(C)(C)C)cc(C(C)(C)C)c3)=C3C=CC(=N3)C(c3ccccc3)=C3C=CC2=N3)cc(C(C)(C)C)c1.[Cu]. The number of allylic oxidation sites excluding steroid dienone is 12. The number of rotatable bonds is 4. The van der Waals surface area contributed by atoms with Crippen LogP contribution in [0.25, 0.3) is 22.3 Å². The van der Waals surface area contributed by atoms with Gasteiger partial charge in [-0.25, -0.2) is 20.0 Å². The van der Waals surface area contributed by atoms with Gasteiger partial charge in [-0.3, -0.25) is 0 Å². The molecular weight excluding hydrogens is 840 g/mol. The molecule has 1 radical (unpaired) electrons. The van der Waals surface area contributed by atoms with Crippen molar-refractivity contribution in [2.24, 2.45) is 20.0 Å². The van der Waals surface area contributed by atoms with E-state index in [1.165, 1.54) is 22.3 Å². The second-order valence-corrected chi connectivity index (χ2v) is 21.7. The van der Waals surface area contributed by atoms with Crippen molar-refractivity contribution in [1.82, 2.24) is 0 Å². The molecule has 5 aliphatic heterocycles. The van der Waals surface area contributed by atoms with Crippen LogP contribution in [0.5, 0.6) is 0 Å². The molecule has 5 heteroatoms. The van der Waals surface area contributed by atoms with E-state index in [0.717, 1.165) is 90.2 Å². The van der Waals surface area contributed by atoms with Crippen LogP contribution < -0.4 is 0 Å². The standard InChI is InChI=1S/C60H60N4.Cu/c1-57(2,3)41-31-39(32-42(35-41)58(4,5)6)55-49-27-23-45(61-49)53(37-19-15-13-16-20-37)47-25-29-51(63-47)56(40-33-43(59(7,8)9)36-44(34-40)60(10,11)12)52-30-26-48(64-52)54(38-21-17-14-18-22-38)46-24-28-50(55)62-46;/h13-36H,1-12H3;. The van der Waals surface area contributed by atoms with Crippen molar-refractivity contribution in [3.8, 4) is 0 Å². The smallest absolute Gasteiger partial charge is 0.0738 e. The van der Waals surface area contributed by atoms with E-state index in [0.29, 0.717) is 0 Å². The first-order valence-corrected chi connectivity index (χ1v) is 22.7. The van der Waals surface area contributed by atoms with Crippen LogP contribution in [0.2, 0.25) is 0 Å². The van der Waals surface area contributed by atoms with Crippen molar-refractivity contribution in [1.29, 1.82) is 0 Å². The summed E-state index contributed by atoms with van der Waals surface area (Å²) in [6.45, 7) is 27.5. The third-order valence-corrected chi connectivity index (χ3v) is 12.6. The maximum Gasteiger partial charge on any atom is 0.0738 e. The van der Waals surface area contributed by atoms with Gasteiger partial charge < -0.3 is 0 Å². The van der Waals surface area contributed by atoms with Crippen molar-refractivity contribution in [3.63, 3.8) is 0 Å². The average molecular weight is 901 g/mol.